The molecule has 1 N–H and O–H groups in total. The molecule has 146 valence electrons. The standard InChI is InChI=1S/C20H20ClN3O4/c21-15-4-12-20(22-13-15)28-18-9-5-16(6-10-18)23-19(25)11-3-14-1-7-17(8-2-14)24(26)27/h1-4,7-8,11-13,16,18H,5-6,9-10H2,(H,23,25)/b11-3+. The number of carbonyl (C=O) groups is 1. The van der Waals surface area contributed by atoms with Gasteiger partial charge in [-0.25, -0.2) is 4.98 Å². The zero-order valence-corrected chi connectivity index (χ0v) is 15.8. The molecule has 0 bridgehead atoms. The third-order valence-corrected chi connectivity index (χ3v) is 4.76. The molecule has 1 aromatic carbocycles. The Morgan fingerprint density at radius 3 is 2.50 bits per heavy atom. The molecule has 1 saturated carbocycles. The van der Waals surface area contributed by atoms with Gasteiger partial charge in [0.25, 0.3) is 5.69 Å². The van der Waals surface area contributed by atoms with Crippen molar-refractivity contribution in [3.05, 3.63) is 69.4 Å². The number of nitrogens with zero attached hydrogens (tertiary/aromatic N) is 2. The number of benzene rings is 1. The van der Waals surface area contributed by atoms with Crippen LogP contribution < -0.4 is 10.1 Å². The van der Waals surface area contributed by atoms with E-state index in [9.17, 15) is 14.9 Å². The second-order valence-electron chi connectivity index (χ2n) is 6.60. The predicted molar refractivity (Wildman–Crippen MR) is 106 cm³/mol. The van der Waals surface area contributed by atoms with Crippen LogP contribution in [-0.4, -0.2) is 28.0 Å². The minimum Gasteiger partial charge on any atom is -0.474 e. The van der Waals surface area contributed by atoms with Gasteiger partial charge in [-0.3, -0.25) is 14.9 Å². The first-order valence-electron chi connectivity index (χ1n) is 9.01. The van der Waals surface area contributed by atoms with Crippen molar-refractivity contribution in [2.75, 3.05) is 0 Å². The first kappa shape index (κ1) is 19.8. The number of halogens is 1. The van der Waals surface area contributed by atoms with Gasteiger partial charge in [-0.2, -0.15) is 0 Å². The van der Waals surface area contributed by atoms with Gasteiger partial charge in [0.2, 0.25) is 11.8 Å². The minimum atomic E-state index is -0.455. The topological polar surface area (TPSA) is 94.4 Å². The van der Waals surface area contributed by atoms with Gasteiger partial charge in [0, 0.05) is 36.5 Å². The van der Waals surface area contributed by atoms with E-state index >= 15 is 0 Å². The van der Waals surface area contributed by atoms with Crippen molar-refractivity contribution >= 4 is 29.3 Å². The summed E-state index contributed by atoms with van der Waals surface area (Å²) in [4.78, 5) is 26.4. The maximum atomic E-state index is 12.1. The summed E-state index contributed by atoms with van der Waals surface area (Å²) in [6.45, 7) is 0. The Morgan fingerprint density at radius 1 is 1.18 bits per heavy atom. The molecule has 0 atom stereocenters. The van der Waals surface area contributed by atoms with Crippen LogP contribution >= 0.6 is 11.6 Å². The molecular weight excluding hydrogens is 382 g/mol. The van der Waals surface area contributed by atoms with Gasteiger partial charge in [0.1, 0.15) is 6.10 Å². The molecule has 1 fully saturated rings. The van der Waals surface area contributed by atoms with Crippen molar-refractivity contribution in [3.63, 3.8) is 0 Å². The zero-order valence-electron chi connectivity index (χ0n) is 15.1. The molecule has 0 saturated heterocycles. The number of hydrogen-bond donors (Lipinski definition) is 1. The van der Waals surface area contributed by atoms with Crippen LogP contribution in [0.2, 0.25) is 5.02 Å². The first-order chi connectivity index (χ1) is 13.5. The van der Waals surface area contributed by atoms with Crippen LogP contribution in [0.25, 0.3) is 6.08 Å². The average Bonchev–Trinajstić information content (AvgIpc) is 2.70. The number of amides is 1. The van der Waals surface area contributed by atoms with Crippen molar-refractivity contribution in [1.82, 2.24) is 10.3 Å². The highest BCUT2D eigenvalue weighted by atomic mass is 35.5. The Morgan fingerprint density at radius 2 is 1.89 bits per heavy atom. The second-order valence-corrected chi connectivity index (χ2v) is 7.03. The molecule has 0 spiro atoms. The highest BCUT2D eigenvalue weighted by Crippen LogP contribution is 2.23. The number of aromatic nitrogens is 1. The molecule has 1 aromatic heterocycles. The molecule has 7 nitrogen and oxygen atoms in total. The number of nitro groups is 1. The summed E-state index contributed by atoms with van der Waals surface area (Å²) < 4.78 is 5.85. The van der Waals surface area contributed by atoms with E-state index in [0.717, 1.165) is 31.2 Å². The van der Waals surface area contributed by atoms with E-state index in [4.69, 9.17) is 16.3 Å². The van der Waals surface area contributed by atoms with Crippen LogP contribution in [0.3, 0.4) is 0 Å². The number of ether oxygens (including phenoxy) is 1. The number of hydrogen-bond acceptors (Lipinski definition) is 5. The number of carbonyl (C=O) groups excluding carboxylic acids is 1. The minimum absolute atomic E-state index is 0.0226. The average molecular weight is 402 g/mol. The van der Waals surface area contributed by atoms with Gasteiger partial charge in [-0.15, -0.1) is 0 Å². The lowest BCUT2D eigenvalue weighted by atomic mass is 9.93. The number of rotatable bonds is 6. The van der Waals surface area contributed by atoms with Crippen LogP contribution in [0.5, 0.6) is 5.88 Å². The molecule has 0 aliphatic heterocycles. The van der Waals surface area contributed by atoms with Gasteiger partial charge < -0.3 is 10.1 Å². The Balaban J connectivity index is 1.43. The van der Waals surface area contributed by atoms with E-state index in [0.29, 0.717) is 10.9 Å². The van der Waals surface area contributed by atoms with E-state index in [1.54, 1.807) is 36.5 Å². The fourth-order valence-electron chi connectivity index (χ4n) is 3.06. The van der Waals surface area contributed by atoms with Crippen molar-refractivity contribution in [1.29, 1.82) is 0 Å². The number of nitrogens with one attached hydrogen (secondary N) is 1. The van der Waals surface area contributed by atoms with Gasteiger partial charge >= 0.3 is 0 Å². The van der Waals surface area contributed by atoms with Crippen molar-refractivity contribution < 1.29 is 14.5 Å². The van der Waals surface area contributed by atoms with Gasteiger partial charge in [-0.05, 0) is 55.5 Å². The Hall–Kier alpha value is -2.93. The fraction of sp³-hybridized carbons (Fsp3) is 0.300. The molecule has 1 amide bonds. The molecule has 0 radical (unpaired) electrons. The number of non-ortho nitro benzene ring substituents is 1. The normalized spacial score (nSPS) is 19.3. The van der Waals surface area contributed by atoms with Crippen LogP contribution in [0.4, 0.5) is 5.69 Å². The third kappa shape index (κ3) is 5.79. The Labute approximate surface area is 167 Å². The van der Waals surface area contributed by atoms with Crippen molar-refractivity contribution in [3.8, 4) is 5.88 Å². The van der Waals surface area contributed by atoms with Crippen molar-refractivity contribution in [2.45, 2.75) is 37.8 Å². The molecule has 28 heavy (non-hydrogen) atoms. The predicted octanol–water partition coefficient (Wildman–Crippen LogP) is 4.16. The molecular formula is C20H20ClN3O4. The maximum absolute atomic E-state index is 12.1. The second kappa shape index (κ2) is 9.32. The molecule has 1 aliphatic rings. The summed E-state index contributed by atoms with van der Waals surface area (Å²) in [6.07, 6.45) is 8.05. The van der Waals surface area contributed by atoms with E-state index in [2.05, 4.69) is 10.3 Å². The summed E-state index contributed by atoms with van der Waals surface area (Å²) in [5.41, 5.74) is 0.753. The van der Waals surface area contributed by atoms with Crippen LogP contribution in [0.15, 0.2) is 48.7 Å². The highest BCUT2D eigenvalue weighted by Gasteiger charge is 2.23. The fourth-order valence-corrected chi connectivity index (χ4v) is 3.17. The Kier molecular flexibility index (Phi) is 6.60. The maximum Gasteiger partial charge on any atom is 0.269 e. The number of pyridine rings is 1. The lowest BCUT2D eigenvalue weighted by Crippen LogP contribution is -2.39. The Bertz CT molecular complexity index is 845. The molecule has 2 aromatic rings. The summed E-state index contributed by atoms with van der Waals surface area (Å²) in [6, 6.07) is 9.63. The number of nitro benzene ring substituents is 1. The van der Waals surface area contributed by atoms with E-state index in [1.165, 1.54) is 18.2 Å². The van der Waals surface area contributed by atoms with Crippen LogP contribution in [-0.2, 0) is 4.79 Å². The smallest absolute Gasteiger partial charge is 0.269 e. The monoisotopic (exact) mass is 401 g/mol. The molecule has 0 unspecified atom stereocenters. The van der Waals surface area contributed by atoms with Crippen molar-refractivity contribution in [2.24, 2.45) is 0 Å². The zero-order chi connectivity index (χ0) is 19.9. The van der Waals surface area contributed by atoms with Gasteiger partial charge in [0.15, 0.2) is 0 Å². The summed E-state index contributed by atoms with van der Waals surface area (Å²) in [5, 5.41) is 14.2. The summed E-state index contributed by atoms with van der Waals surface area (Å²) >= 11 is 5.82. The van der Waals surface area contributed by atoms with Crippen LogP contribution in [0, 0.1) is 10.1 Å². The third-order valence-electron chi connectivity index (χ3n) is 4.54. The van der Waals surface area contributed by atoms with E-state index in [1.807, 2.05) is 0 Å². The lowest BCUT2D eigenvalue weighted by molar-refractivity contribution is -0.384. The first-order valence-corrected chi connectivity index (χ1v) is 9.38. The molecule has 1 heterocycles. The summed E-state index contributed by atoms with van der Waals surface area (Å²) in [5.74, 6) is 0.380. The lowest BCUT2D eigenvalue weighted by Gasteiger charge is -2.28. The SMILES string of the molecule is O=C(/C=C/c1ccc([N+](=O)[O-])cc1)NC1CCC(Oc2ccc(Cl)cn2)CC1. The molecule has 3 rings (SSSR count). The van der Waals surface area contributed by atoms with E-state index < -0.39 is 4.92 Å². The van der Waals surface area contributed by atoms with Crippen LogP contribution in [0.1, 0.15) is 31.2 Å². The largest absolute Gasteiger partial charge is 0.474 e. The van der Waals surface area contributed by atoms with E-state index in [-0.39, 0.29) is 23.7 Å². The molecule has 1 aliphatic carbocycles. The van der Waals surface area contributed by atoms with Gasteiger partial charge in [0.05, 0.1) is 9.95 Å². The summed E-state index contributed by atoms with van der Waals surface area (Å²) in [7, 11) is 0. The quantitative estimate of drug-likeness (QED) is 0.445. The highest BCUT2D eigenvalue weighted by molar-refractivity contribution is 6.30. The van der Waals surface area contributed by atoms with Gasteiger partial charge in [-0.1, -0.05) is 11.6 Å². The molecule has 8 heteroatoms.